The van der Waals surface area contributed by atoms with Gasteiger partial charge in [0.1, 0.15) is 5.75 Å². The predicted molar refractivity (Wildman–Crippen MR) is 74.1 cm³/mol. The third-order valence-electron chi connectivity index (χ3n) is 2.48. The molecule has 0 aliphatic carbocycles. The highest BCUT2D eigenvalue weighted by Crippen LogP contribution is 2.15. The molecule has 0 spiro atoms. The van der Waals surface area contributed by atoms with Crippen LogP contribution >= 0.6 is 11.8 Å². The predicted octanol–water partition coefficient (Wildman–Crippen LogP) is 3.66. The van der Waals surface area contributed by atoms with E-state index in [-0.39, 0.29) is 5.78 Å². The van der Waals surface area contributed by atoms with Crippen LogP contribution in [0.4, 0.5) is 0 Å². The Morgan fingerprint density at radius 2 is 1.94 bits per heavy atom. The summed E-state index contributed by atoms with van der Waals surface area (Å²) in [4.78, 5) is 11.8. The smallest absolute Gasteiger partial charge is 0.172 e. The van der Waals surface area contributed by atoms with Crippen LogP contribution in [0.15, 0.2) is 24.3 Å². The van der Waals surface area contributed by atoms with Gasteiger partial charge in [-0.05, 0) is 42.4 Å². The molecule has 94 valence electrons. The van der Waals surface area contributed by atoms with Gasteiger partial charge >= 0.3 is 0 Å². The zero-order valence-electron chi connectivity index (χ0n) is 10.7. The summed E-state index contributed by atoms with van der Waals surface area (Å²) in [5, 5.41) is 0. The van der Waals surface area contributed by atoms with Crippen LogP contribution in [-0.2, 0) is 0 Å². The van der Waals surface area contributed by atoms with Crippen molar-refractivity contribution in [3.05, 3.63) is 29.8 Å². The van der Waals surface area contributed by atoms with E-state index in [1.807, 2.05) is 24.3 Å². The average Bonchev–Trinajstić information content (AvgIpc) is 2.34. The molecule has 0 radical (unpaired) electrons. The molecule has 0 amide bonds. The van der Waals surface area contributed by atoms with Gasteiger partial charge in [-0.25, -0.2) is 0 Å². The Hall–Kier alpha value is -0.960. The second-order valence-electron chi connectivity index (χ2n) is 4.39. The quantitative estimate of drug-likeness (QED) is 0.547. The van der Waals surface area contributed by atoms with Gasteiger partial charge in [0.05, 0.1) is 12.9 Å². The molecule has 2 nitrogen and oxygen atoms in total. The summed E-state index contributed by atoms with van der Waals surface area (Å²) in [6.45, 7) is 4.40. The van der Waals surface area contributed by atoms with E-state index in [0.29, 0.717) is 11.7 Å². The largest absolute Gasteiger partial charge is 0.497 e. The van der Waals surface area contributed by atoms with Crippen LogP contribution in [0.3, 0.4) is 0 Å². The summed E-state index contributed by atoms with van der Waals surface area (Å²) < 4.78 is 5.06. The molecule has 17 heavy (non-hydrogen) atoms. The summed E-state index contributed by atoms with van der Waals surface area (Å²) in [7, 11) is 1.62. The van der Waals surface area contributed by atoms with E-state index < -0.39 is 0 Å². The van der Waals surface area contributed by atoms with E-state index in [9.17, 15) is 4.79 Å². The number of Topliss-reactive ketones (excluding diaryl/α,β-unsaturated/α-hetero) is 1. The third kappa shape index (κ3) is 5.26. The minimum atomic E-state index is 0.196. The van der Waals surface area contributed by atoms with Crippen molar-refractivity contribution >= 4 is 17.5 Å². The first kappa shape index (κ1) is 14.1. The molecule has 1 aromatic carbocycles. The van der Waals surface area contributed by atoms with Crippen LogP contribution in [0.1, 0.15) is 30.6 Å². The van der Waals surface area contributed by atoms with Crippen LogP contribution in [0, 0.1) is 5.92 Å². The number of carbonyl (C=O) groups excluding carboxylic acids is 1. The van der Waals surface area contributed by atoms with E-state index in [1.165, 1.54) is 6.42 Å². The van der Waals surface area contributed by atoms with Gasteiger partial charge in [0.25, 0.3) is 0 Å². The standard InChI is InChI=1S/C14H20O2S/c1-11(2)8-9-17-10-14(15)12-4-6-13(16-3)7-5-12/h4-7,11H,8-10H2,1-3H3. The van der Waals surface area contributed by atoms with E-state index in [0.717, 1.165) is 17.1 Å². The Bertz CT molecular complexity index is 344. The Labute approximate surface area is 108 Å². The SMILES string of the molecule is COc1ccc(C(=O)CSCCC(C)C)cc1. The molecule has 3 heteroatoms. The fourth-order valence-electron chi connectivity index (χ4n) is 1.34. The van der Waals surface area contributed by atoms with Crippen molar-refractivity contribution < 1.29 is 9.53 Å². The number of hydrogen-bond acceptors (Lipinski definition) is 3. The number of hydrogen-bond donors (Lipinski definition) is 0. The molecule has 0 heterocycles. The first-order chi connectivity index (χ1) is 8.13. The topological polar surface area (TPSA) is 26.3 Å². The van der Waals surface area contributed by atoms with Crippen LogP contribution in [0.25, 0.3) is 0 Å². The van der Waals surface area contributed by atoms with Crippen molar-refractivity contribution in [2.45, 2.75) is 20.3 Å². The molecule has 0 saturated carbocycles. The lowest BCUT2D eigenvalue weighted by Crippen LogP contribution is -2.03. The number of ether oxygens (including phenoxy) is 1. The summed E-state index contributed by atoms with van der Waals surface area (Å²) in [5.41, 5.74) is 0.767. The molecule has 0 aromatic heterocycles. The number of rotatable bonds is 7. The summed E-state index contributed by atoms with van der Waals surface area (Å²) in [5.74, 6) is 3.31. The molecule has 0 unspecified atom stereocenters. The number of ketones is 1. The molecule has 0 aliphatic rings. The molecular weight excluding hydrogens is 232 g/mol. The maximum atomic E-state index is 11.8. The lowest BCUT2D eigenvalue weighted by molar-refractivity contribution is 0.102. The summed E-state index contributed by atoms with van der Waals surface area (Å²) in [6, 6.07) is 7.30. The summed E-state index contributed by atoms with van der Waals surface area (Å²) in [6.07, 6.45) is 1.17. The minimum Gasteiger partial charge on any atom is -0.497 e. The van der Waals surface area contributed by atoms with Crippen molar-refractivity contribution in [3.63, 3.8) is 0 Å². The van der Waals surface area contributed by atoms with Crippen molar-refractivity contribution in [3.8, 4) is 5.75 Å². The first-order valence-corrected chi connectivity index (χ1v) is 7.04. The minimum absolute atomic E-state index is 0.196. The summed E-state index contributed by atoms with van der Waals surface area (Å²) >= 11 is 1.71. The van der Waals surface area contributed by atoms with Crippen LogP contribution < -0.4 is 4.74 Å². The van der Waals surface area contributed by atoms with Gasteiger partial charge in [-0.15, -0.1) is 0 Å². The molecule has 0 aliphatic heterocycles. The molecular formula is C14H20O2S. The zero-order chi connectivity index (χ0) is 12.7. The van der Waals surface area contributed by atoms with Gasteiger partial charge < -0.3 is 4.74 Å². The van der Waals surface area contributed by atoms with Gasteiger partial charge in [0, 0.05) is 5.56 Å². The maximum absolute atomic E-state index is 11.8. The van der Waals surface area contributed by atoms with E-state index in [1.54, 1.807) is 18.9 Å². The van der Waals surface area contributed by atoms with Crippen LogP contribution in [0.5, 0.6) is 5.75 Å². The van der Waals surface area contributed by atoms with Crippen LogP contribution in [0.2, 0.25) is 0 Å². The fourth-order valence-corrected chi connectivity index (χ4v) is 2.48. The van der Waals surface area contributed by atoms with Gasteiger partial charge in [-0.2, -0.15) is 11.8 Å². The van der Waals surface area contributed by atoms with Crippen molar-refractivity contribution in [2.75, 3.05) is 18.6 Å². The van der Waals surface area contributed by atoms with Crippen LogP contribution in [-0.4, -0.2) is 24.4 Å². The zero-order valence-corrected chi connectivity index (χ0v) is 11.5. The Morgan fingerprint density at radius 1 is 1.29 bits per heavy atom. The molecule has 0 saturated heterocycles. The average molecular weight is 252 g/mol. The van der Waals surface area contributed by atoms with Crippen molar-refractivity contribution in [1.29, 1.82) is 0 Å². The number of methoxy groups -OCH3 is 1. The number of thioether (sulfide) groups is 1. The monoisotopic (exact) mass is 252 g/mol. The third-order valence-corrected chi connectivity index (χ3v) is 3.48. The first-order valence-electron chi connectivity index (χ1n) is 5.88. The van der Waals surface area contributed by atoms with E-state index in [2.05, 4.69) is 13.8 Å². The van der Waals surface area contributed by atoms with Gasteiger partial charge in [0.2, 0.25) is 0 Å². The fraction of sp³-hybridized carbons (Fsp3) is 0.500. The molecule has 0 N–H and O–H groups in total. The Kier molecular flexibility index (Phi) is 6.12. The van der Waals surface area contributed by atoms with Gasteiger partial charge in [-0.3, -0.25) is 4.79 Å². The van der Waals surface area contributed by atoms with Crippen molar-refractivity contribution in [2.24, 2.45) is 5.92 Å². The molecule has 1 aromatic rings. The van der Waals surface area contributed by atoms with E-state index in [4.69, 9.17) is 4.74 Å². The highest BCUT2D eigenvalue weighted by molar-refractivity contribution is 7.99. The van der Waals surface area contributed by atoms with Gasteiger partial charge in [-0.1, -0.05) is 13.8 Å². The second kappa shape index (κ2) is 7.38. The Morgan fingerprint density at radius 3 is 2.47 bits per heavy atom. The van der Waals surface area contributed by atoms with Gasteiger partial charge in [0.15, 0.2) is 5.78 Å². The molecule has 1 rings (SSSR count). The molecule has 0 fully saturated rings. The number of benzene rings is 1. The van der Waals surface area contributed by atoms with E-state index >= 15 is 0 Å². The van der Waals surface area contributed by atoms with Crippen molar-refractivity contribution in [1.82, 2.24) is 0 Å². The lowest BCUT2D eigenvalue weighted by atomic mass is 10.1. The maximum Gasteiger partial charge on any atom is 0.172 e. The number of carbonyl (C=O) groups is 1. The molecule has 0 bridgehead atoms. The Balaban J connectivity index is 2.36. The highest BCUT2D eigenvalue weighted by atomic mass is 32.2. The lowest BCUT2D eigenvalue weighted by Gasteiger charge is -2.05. The normalized spacial score (nSPS) is 10.6. The molecule has 0 atom stereocenters. The second-order valence-corrected chi connectivity index (χ2v) is 5.49. The highest BCUT2D eigenvalue weighted by Gasteiger charge is 2.06.